The number of ether oxygens (including phenoxy) is 2. The number of rotatable bonds is 6. The summed E-state index contributed by atoms with van der Waals surface area (Å²) in [5.41, 5.74) is -0.357. The molecule has 1 saturated heterocycles. The zero-order chi connectivity index (χ0) is 17.0. The summed E-state index contributed by atoms with van der Waals surface area (Å²) in [5.74, 6) is 1.29. The summed E-state index contributed by atoms with van der Waals surface area (Å²) >= 11 is 5.67. The zero-order valence-corrected chi connectivity index (χ0v) is 14.5. The summed E-state index contributed by atoms with van der Waals surface area (Å²) < 4.78 is 16.8. The highest BCUT2D eigenvalue weighted by Gasteiger charge is 2.37. The molecule has 130 valence electrons. The molecule has 2 aromatic heterocycles. The molecule has 1 aliphatic heterocycles. The van der Waals surface area contributed by atoms with Gasteiger partial charge in [0.2, 0.25) is 5.28 Å². The van der Waals surface area contributed by atoms with Crippen LogP contribution in [0.1, 0.15) is 25.6 Å². The van der Waals surface area contributed by atoms with E-state index < -0.39 is 0 Å². The molecule has 2 aromatic rings. The van der Waals surface area contributed by atoms with Gasteiger partial charge in [0.15, 0.2) is 11.6 Å². The van der Waals surface area contributed by atoms with Crippen molar-refractivity contribution in [1.82, 2.24) is 20.1 Å². The van der Waals surface area contributed by atoms with Crippen LogP contribution < -0.4 is 9.64 Å². The molecular weight excluding hydrogens is 334 g/mol. The van der Waals surface area contributed by atoms with E-state index in [9.17, 15) is 0 Å². The van der Waals surface area contributed by atoms with Gasteiger partial charge in [-0.3, -0.25) is 0 Å². The van der Waals surface area contributed by atoms with Crippen LogP contribution in [0.25, 0.3) is 0 Å². The van der Waals surface area contributed by atoms with Gasteiger partial charge in [-0.15, -0.1) is 0 Å². The molecule has 0 atom stereocenters. The zero-order valence-electron chi connectivity index (χ0n) is 13.7. The number of halogens is 1. The van der Waals surface area contributed by atoms with Gasteiger partial charge < -0.3 is 18.9 Å². The van der Waals surface area contributed by atoms with Crippen LogP contribution in [0.4, 0.5) is 6.01 Å². The third-order valence-corrected chi connectivity index (χ3v) is 4.45. The van der Waals surface area contributed by atoms with Crippen LogP contribution in [0.3, 0.4) is 0 Å². The van der Waals surface area contributed by atoms with Crippen molar-refractivity contribution in [3.8, 4) is 5.75 Å². The predicted molar refractivity (Wildman–Crippen MR) is 87.4 cm³/mol. The van der Waals surface area contributed by atoms with E-state index in [0.29, 0.717) is 18.4 Å². The minimum atomic E-state index is -0.357. The molecule has 24 heavy (non-hydrogen) atoms. The number of nitrogens with zero attached hydrogens (tertiary/aromatic N) is 5. The first-order chi connectivity index (χ1) is 11.6. The molecule has 8 nitrogen and oxygen atoms in total. The van der Waals surface area contributed by atoms with Crippen LogP contribution in [0.2, 0.25) is 5.28 Å². The Morgan fingerprint density at radius 1 is 1.29 bits per heavy atom. The standard InChI is InChI=1S/C15H20ClN5O3/c1-3-12-19-14(24-20-12)21-6-4-15(22-2,5-7-21)10-23-11-8-17-13(16)18-9-11/h8-9H,3-7,10H2,1-2H3. The number of methoxy groups -OCH3 is 1. The van der Waals surface area contributed by atoms with E-state index >= 15 is 0 Å². The van der Waals surface area contributed by atoms with E-state index in [1.165, 1.54) is 0 Å². The second-order valence-electron chi connectivity index (χ2n) is 5.70. The lowest BCUT2D eigenvalue weighted by Gasteiger charge is -2.39. The number of hydrogen-bond donors (Lipinski definition) is 0. The maximum Gasteiger partial charge on any atom is 0.324 e. The molecule has 9 heteroatoms. The molecule has 0 aliphatic carbocycles. The Morgan fingerprint density at radius 3 is 2.58 bits per heavy atom. The molecule has 3 rings (SSSR count). The molecule has 0 N–H and O–H groups in total. The van der Waals surface area contributed by atoms with Crippen molar-refractivity contribution in [1.29, 1.82) is 0 Å². The van der Waals surface area contributed by atoms with Gasteiger partial charge in [0.25, 0.3) is 0 Å². The van der Waals surface area contributed by atoms with Gasteiger partial charge in [-0.05, 0) is 24.4 Å². The Balaban J connectivity index is 1.58. The SMILES string of the molecule is CCc1noc(N2CCC(COc3cnc(Cl)nc3)(OC)CC2)n1. The summed E-state index contributed by atoms with van der Waals surface area (Å²) in [4.78, 5) is 14.3. The van der Waals surface area contributed by atoms with E-state index in [0.717, 1.165) is 38.2 Å². The average molecular weight is 354 g/mol. The molecule has 0 radical (unpaired) electrons. The van der Waals surface area contributed by atoms with Gasteiger partial charge in [-0.25, -0.2) is 9.97 Å². The average Bonchev–Trinajstić information content (AvgIpc) is 3.11. The first-order valence-corrected chi connectivity index (χ1v) is 8.25. The molecule has 1 aliphatic rings. The monoisotopic (exact) mass is 353 g/mol. The molecule has 0 bridgehead atoms. The summed E-state index contributed by atoms with van der Waals surface area (Å²) in [6, 6.07) is 0.573. The summed E-state index contributed by atoms with van der Waals surface area (Å²) in [7, 11) is 1.71. The van der Waals surface area contributed by atoms with Crippen molar-refractivity contribution in [3.63, 3.8) is 0 Å². The molecule has 1 fully saturated rings. The first-order valence-electron chi connectivity index (χ1n) is 7.87. The molecular formula is C15H20ClN5O3. The van der Waals surface area contributed by atoms with Gasteiger partial charge in [-0.2, -0.15) is 4.98 Å². The number of anilines is 1. The second-order valence-corrected chi connectivity index (χ2v) is 6.04. The molecule has 0 spiro atoms. The molecule has 0 saturated carbocycles. The highest BCUT2D eigenvalue weighted by atomic mass is 35.5. The maximum absolute atomic E-state index is 5.78. The minimum absolute atomic E-state index is 0.197. The fourth-order valence-corrected chi connectivity index (χ4v) is 2.72. The van der Waals surface area contributed by atoms with E-state index in [-0.39, 0.29) is 10.9 Å². The lowest BCUT2D eigenvalue weighted by Crippen LogP contribution is -2.49. The van der Waals surface area contributed by atoms with E-state index in [1.54, 1.807) is 19.5 Å². The van der Waals surface area contributed by atoms with Crippen molar-refractivity contribution >= 4 is 17.6 Å². The first kappa shape index (κ1) is 16.9. The lowest BCUT2D eigenvalue weighted by molar-refractivity contribution is -0.0609. The Bertz CT molecular complexity index is 655. The third kappa shape index (κ3) is 3.76. The molecule has 0 amide bonds. The van der Waals surface area contributed by atoms with E-state index in [1.807, 2.05) is 6.92 Å². The molecule has 3 heterocycles. The molecule has 0 aromatic carbocycles. The van der Waals surface area contributed by atoms with E-state index in [4.69, 9.17) is 25.6 Å². The smallest absolute Gasteiger partial charge is 0.324 e. The largest absolute Gasteiger partial charge is 0.487 e. The Hall–Kier alpha value is -1.93. The van der Waals surface area contributed by atoms with Crippen molar-refractivity contribution in [2.24, 2.45) is 0 Å². The van der Waals surface area contributed by atoms with Gasteiger partial charge in [0.1, 0.15) is 12.2 Å². The molecule has 0 unspecified atom stereocenters. The minimum Gasteiger partial charge on any atom is -0.487 e. The van der Waals surface area contributed by atoms with Crippen molar-refractivity contribution in [2.75, 3.05) is 31.7 Å². The summed E-state index contributed by atoms with van der Waals surface area (Å²) in [6.07, 6.45) is 5.46. The third-order valence-electron chi connectivity index (χ3n) is 4.25. The van der Waals surface area contributed by atoms with Crippen LogP contribution in [-0.2, 0) is 11.2 Å². The lowest BCUT2D eigenvalue weighted by atomic mass is 9.92. The van der Waals surface area contributed by atoms with Gasteiger partial charge in [0.05, 0.1) is 12.4 Å². The maximum atomic E-state index is 5.78. The highest BCUT2D eigenvalue weighted by molar-refractivity contribution is 6.28. The van der Waals surface area contributed by atoms with Gasteiger partial charge >= 0.3 is 6.01 Å². The topological polar surface area (TPSA) is 86.4 Å². The van der Waals surface area contributed by atoms with Crippen LogP contribution in [0.15, 0.2) is 16.9 Å². The van der Waals surface area contributed by atoms with Gasteiger partial charge in [0, 0.05) is 26.6 Å². The van der Waals surface area contributed by atoms with Crippen LogP contribution >= 0.6 is 11.6 Å². The van der Waals surface area contributed by atoms with Gasteiger partial charge in [-0.1, -0.05) is 12.1 Å². The summed E-state index contributed by atoms with van der Waals surface area (Å²) in [5, 5.41) is 4.14. The number of hydrogen-bond acceptors (Lipinski definition) is 8. The fraction of sp³-hybridized carbons (Fsp3) is 0.600. The van der Waals surface area contributed by atoms with E-state index in [2.05, 4.69) is 25.0 Å². The predicted octanol–water partition coefficient (Wildman–Crippen LogP) is 2.14. The number of aromatic nitrogens is 4. The fourth-order valence-electron chi connectivity index (χ4n) is 2.62. The second kappa shape index (κ2) is 7.31. The number of piperidine rings is 1. The van der Waals surface area contributed by atoms with Crippen molar-refractivity contribution < 1.29 is 14.0 Å². The quantitative estimate of drug-likeness (QED) is 0.730. The summed E-state index contributed by atoms with van der Waals surface area (Å²) in [6.45, 7) is 3.95. The highest BCUT2D eigenvalue weighted by Crippen LogP contribution is 2.29. The van der Waals surface area contributed by atoms with Crippen molar-refractivity contribution in [3.05, 3.63) is 23.5 Å². The number of aryl methyl sites for hydroxylation is 1. The Labute approximate surface area is 145 Å². The van der Waals surface area contributed by atoms with Crippen molar-refractivity contribution in [2.45, 2.75) is 31.8 Å². The Morgan fingerprint density at radius 2 is 2.00 bits per heavy atom. The normalized spacial score (nSPS) is 17.0. The Kier molecular flexibility index (Phi) is 5.15. The van der Waals surface area contributed by atoms with Crippen LogP contribution in [0, 0.1) is 0 Å². The van der Waals surface area contributed by atoms with Crippen LogP contribution in [-0.4, -0.2) is 52.5 Å². The van der Waals surface area contributed by atoms with Crippen LogP contribution in [0.5, 0.6) is 5.75 Å².